The fourth-order valence-corrected chi connectivity index (χ4v) is 2.79. The molecule has 1 heterocycles. The predicted molar refractivity (Wildman–Crippen MR) is 77.8 cm³/mol. The minimum absolute atomic E-state index is 0.0871. The van der Waals surface area contributed by atoms with E-state index in [9.17, 15) is 9.18 Å². The van der Waals surface area contributed by atoms with Gasteiger partial charge >= 0.3 is 0 Å². The minimum atomic E-state index is -0.227. The second kappa shape index (κ2) is 6.84. The largest absolute Gasteiger partial charge is 0.343 e. The van der Waals surface area contributed by atoms with Gasteiger partial charge in [-0.1, -0.05) is 25.1 Å². The quantitative estimate of drug-likeness (QED) is 0.920. The Morgan fingerprint density at radius 2 is 2.05 bits per heavy atom. The third-order valence-electron chi connectivity index (χ3n) is 4.22. The summed E-state index contributed by atoms with van der Waals surface area (Å²) in [7, 11) is 0. The van der Waals surface area contributed by atoms with E-state index in [4.69, 9.17) is 5.73 Å². The van der Waals surface area contributed by atoms with Crippen LogP contribution in [0.1, 0.15) is 37.7 Å². The zero-order valence-electron chi connectivity index (χ0n) is 12.0. The van der Waals surface area contributed by atoms with Crippen LogP contribution in [0.15, 0.2) is 24.3 Å². The molecule has 0 bridgehead atoms. The van der Waals surface area contributed by atoms with Gasteiger partial charge in [0.05, 0.1) is 0 Å². The van der Waals surface area contributed by atoms with Gasteiger partial charge in [-0.05, 0) is 42.9 Å². The number of piperidine rings is 1. The van der Waals surface area contributed by atoms with Crippen LogP contribution >= 0.6 is 0 Å². The second-order valence-electron chi connectivity index (χ2n) is 5.69. The Kier molecular flexibility index (Phi) is 5.12. The van der Waals surface area contributed by atoms with Gasteiger partial charge in [0.2, 0.25) is 5.91 Å². The van der Waals surface area contributed by atoms with Crippen LogP contribution < -0.4 is 5.73 Å². The first-order valence-electron chi connectivity index (χ1n) is 7.34. The summed E-state index contributed by atoms with van der Waals surface area (Å²) in [5, 5.41) is 0. The Morgan fingerprint density at radius 3 is 2.65 bits per heavy atom. The standard InChI is InChI=1S/C16H23FN2O/c1-12(14-4-2-3-5-15(14)17)10-16(20)19-8-6-13(11-18)7-9-19/h2-5,12-13H,6-11,18H2,1H3. The van der Waals surface area contributed by atoms with Crippen LogP contribution in [-0.4, -0.2) is 30.4 Å². The van der Waals surface area contributed by atoms with Crippen molar-refractivity contribution >= 4 is 5.91 Å². The van der Waals surface area contributed by atoms with Crippen molar-refractivity contribution in [2.75, 3.05) is 19.6 Å². The summed E-state index contributed by atoms with van der Waals surface area (Å²) in [6.07, 6.45) is 2.33. The molecule has 3 nitrogen and oxygen atoms in total. The van der Waals surface area contributed by atoms with Gasteiger partial charge in [-0.2, -0.15) is 0 Å². The smallest absolute Gasteiger partial charge is 0.223 e. The Labute approximate surface area is 120 Å². The number of nitrogens with two attached hydrogens (primary N) is 1. The Morgan fingerprint density at radius 1 is 1.40 bits per heavy atom. The third-order valence-corrected chi connectivity index (χ3v) is 4.22. The van der Waals surface area contributed by atoms with E-state index in [1.165, 1.54) is 6.07 Å². The number of nitrogens with zero attached hydrogens (tertiary/aromatic N) is 1. The van der Waals surface area contributed by atoms with Crippen LogP contribution in [0.2, 0.25) is 0 Å². The van der Waals surface area contributed by atoms with Crippen molar-refractivity contribution in [3.05, 3.63) is 35.6 Å². The fourth-order valence-electron chi connectivity index (χ4n) is 2.79. The average Bonchev–Trinajstić information content (AvgIpc) is 2.47. The monoisotopic (exact) mass is 278 g/mol. The van der Waals surface area contributed by atoms with E-state index in [0.717, 1.165) is 25.9 Å². The fraction of sp³-hybridized carbons (Fsp3) is 0.562. The molecule has 1 aromatic rings. The lowest BCUT2D eigenvalue weighted by molar-refractivity contribution is -0.132. The first-order chi connectivity index (χ1) is 9.61. The van der Waals surface area contributed by atoms with Crippen LogP contribution in [0.3, 0.4) is 0 Å². The number of hydrogen-bond acceptors (Lipinski definition) is 2. The number of hydrogen-bond donors (Lipinski definition) is 1. The molecule has 0 aromatic heterocycles. The van der Waals surface area contributed by atoms with Crippen LogP contribution in [0.4, 0.5) is 4.39 Å². The summed E-state index contributed by atoms with van der Waals surface area (Å²) in [5.74, 6) is 0.352. The number of carbonyl (C=O) groups excluding carboxylic acids is 1. The maximum absolute atomic E-state index is 13.7. The number of carbonyl (C=O) groups is 1. The molecule has 1 amide bonds. The van der Waals surface area contributed by atoms with Crippen molar-refractivity contribution in [2.45, 2.75) is 32.1 Å². The molecule has 0 saturated carbocycles. The summed E-state index contributed by atoms with van der Waals surface area (Å²) in [5.41, 5.74) is 6.28. The molecular weight excluding hydrogens is 255 g/mol. The molecular formula is C16H23FN2O. The van der Waals surface area contributed by atoms with Gasteiger partial charge in [0.15, 0.2) is 0 Å². The molecule has 2 rings (SSSR count). The molecule has 1 unspecified atom stereocenters. The summed E-state index contributed by atoms with van der Waals surface area (Å²) in [6.45, 7) is 4.17. The molecule has 1 fully saturated rings. The van der Waals surface area contributed by atoms with Crippen molar-refractivity contribution in [1.82, 2.24) is 4.90 Å². The lowest BCUT2D eigenvalue weighted by atomic mass is 9.94. The van der Waals surface area contributed by atoms with Crippen molar-refractivity contribution < 1.29 is 9.18 Å². The molecule has 1 saturated heterocycles. The second-order valence-corrected chi connectivity index (χ2v) is 5.69. The lowest BCUT2D eigenvalue weighted by Crippen LogP contribution is -2.40. The highest BCUT2D eigenvalue weighted by atomic mass is 19.1. The molecule has 1 aliphatic heterocycles. The van der Waals surface area contributed by atoms with Gasteiger partial charge < -0.3 is 10.6 Å². The maximum Gasteiger partial charge on any atom is 0.223 e. The Hall–Kier alpha value is -1.42. The van der Waals surface area contributed by atoms with Gasteiger partial charge in [0.1, 0.15) is 5.82 Å². The van der Waals surface area contributed by atoms with Gasteiger partial charge in [-0.3, -0.25) is 4.79 Å². The van der Waals surface area contributed by atoms with Crippen molar-refractivity contribution in [2.24, 2.45) is 11.7 Å². The number of benzene rings is 1. The summed E-state index contributed by atoms with van der Waals surface area (Å²) < 4.78 is 13.7. The molecule has 4 heteroatoms. The third kappa shape index (κ3) is 3.57. The summed E-state index contributed by atoms with van der Waals surface area (Å²) in [4.78, 5) is 14.2. The minimum Gasteiger partial charge on any atom is -0.343 e. The van der Waals surface area contributed by atoms with Crippen LogP contribution in [0.25, 0.3) is 0 Å². The summed E-state index contributed by atoms with van der Waals surface area (Å²) in [6, 6.07) is 6.69. The molecule has 0 aliphatic carbocycles. The van der Waals surface area contributed by atoms with E-state index >= 15 is 0 Å². The number of rotatable bonds is 4. The van der Waals surface area contributed by atoms with Crippen molar-refractivity contribution in [1.29, 1.82) is 0 Å². The predicted octanol–water partition coefficient (Wildman–Crippen LogP) is 2.52. The summed E-state index contributed by atoms with van der Waals surface area (Å²) >= 11 is 0. The van der Waals surface area contributed by atoms with Gasteiger partial charge in [0.25, 0.3) is 0 Å². The molecule has 1 atom stereocenters. The Bertz CT molecular complexity index is 456. The van der Waals surface area contributed by atoms with E-state index in [0.29, 0.717) is 24.4 Å². The number of likely N-dealkylation sites (tertiary alicyclic amines) is 1. The Balaban J connectivity index is 1.90. The molecule has 20 heavy (non-hydrogen) atoms. The number of halogens is 1. The molecule has 2 N–H and O–H groups in total. The molecule has 110 valence electrons. The normalized spacial score (nSPS) is 18.1. The first kappa shape index (κ1) is 15.0. The maximum atomic E-state index is 13.7. The van der Waals surface area contributed by atoms with E-state index in [1.54, 1.807) is 12.1 Å². The number of amides is 1. The first-order valence-corrected chi connectivity index (χ1v) is 7.34. The molecule has 0 spiro atoms. The van der Waals surface area contributed by atoms with Gasteiger partial charge in [-0.25, -0.2) is 4.39 Å². The topological polar surface area (TPSA) is 46.3 Å². The highest BCUT2D eigenvalue weighted by molar-refractivity contribution is 5.77. The highest BCUT2D eigenvalue weighted by Crippen LogP contribution is 2.24. The molecule has 1 aromatic carbocycles. The van der Waals surface area contributed by atoms with Crippen molar-refractivity contribution in [3.8, 4) is 0 Å². The lowest BCUT2D eigenvalue weighted by Gasteiger charge is -2.32. The van der Waals surface area contributed by atoms with E-state index in [2.05, 4.69) is 0 Å². The molecule has 1 aliphatic rings. The van der Waals surface area contributed by atoms with Crippen LogP contribution in [0.5, 0.6) is 0 Å². The molecule has 0 radical (unpaired) electrons. The van der Waals surface area contributed by atoms with E-state index in [-0.39, 0.29) is 17.6 Å². The zero-order chi connectivity index (χ0) is 14.5. The zero-order valence-corrected chi connectivity index (χ0v) is 12.0. The van der Waals surface area contributed by atoms with Gasteiger partial charge in [0, 0.05) is 19.5 Å². The van der Waals surface area contributed by atoms with Crippen molar-refractivity contribution in [3.63, 3.8) is 0 Å². The van der Waals surface area contributed by atoms with Crippen LogP contribution in [-0.2, 0) is 4.79 Å². The van der Waals surface area contributed by atoms with Crippen LogP contribution in [0, 0.1) is 11.7 Å². The van der Waals surface area contributed by atoms with E-state index in [1.807, 2.05) is 17.9 Å². The van der Waals surface area contributed by atoms with Gasteiger partial charge in [-0.15, -0.1) is 0 Å². The SMILES string of the molecule is CC(CC(=O)N1CCC(CN)CC1)c1ccccc1F. The average molecular weight is 278 g/mol. The highest BCUT2D eigenvalue weighted by Gasteiger charge is 2.24. The van der Waals surface area contributed by atoms with E-state index < -0.39 is 0 Å².